The van der Waals surface area contributed by atoms with Gasteiger partial charge >= 0.3 is 6.03 Å². The molecule has 1 unspecified atom stereocenters. The molecule has 1 fully saturated rings. The number of amides is 2. The quantitative estimate of drug-likeness (QED) is 0.474. The highest BCUT2D eigenvalue weighted by atomic mass is 19.1. The minimum absolute atomic E-state index is 0.315. The van der Waals surface area contributed by atoms with E-state index in [0.717, 1.165) is 18.6 Å². The number of anilines is 3. The summed E-state index contributed by atoms with van der Waals surface area (Å²) >= 11 is 0. The molecule has 4 aromatic rings. The van der Waals surface area contributed by atoms with Gasteiger partial charge in [-0.3, -0.25) is 5.32 Å². The lowest BCUT2D eigenvalue weighted by atomic mass is 10.0. The molecule has 7 nitrogen and oxygen atoms in total. The van der Waals surface area contributed by atoms with Crippen molar-refractivity contribution in [3.63, 3.8) is 0 Å². The molecule has 5 rings (SSSR count). The topological polar surface area (TPSA) is 74.6 Å². The molecule has 1 aliphatic heterocycles. The normalized spacial score (nSPS) is 15.8. The summed E-state index contributed by atoms with van der Waals surface area (Å²) in [5.41, 5.74) is 1.52. The number of para-hydroxylation sites is 1. The van der Waals surface area contributed by atoms with E-state index in [2.05, 4.69) is 20.7 Å². The summed E-state index contributed by atoms with van der Waals surface area (Å²) in [6.07, 6.45) is 3.04. The highest BCUT2D eigenvalue weighted by molar-refractivity contribution is 5.99. The van der Waals surface area contributed by atoms with Crippen LogP contribution in [0.5, 0.6) is 0 Å². The Hall–Kier alpha value is -4.01. The van der Waals surface area contributed by atoms with Crippen molar-refractivity contribution in [2.75, 3.05) is 22.1 Å². The molecule has 162 valence electrons. The second-order valence-corrected chi connectivity index (χ2v) is 7.57. The summed E-state index contributed by atoms with van der Waals surface area (Å²) < 4.78 is 29.7. The molecule has 2 aromatic heterocycles. The number of carbonyl (C=O) groups excluding carboxylic acids is 1. The van der Waals surface area contributed by atoms with Gasteiger partial charge in [-0.05, 0) is 55.3 Å². The first kappa shape index (κ1) is 19.9. The number of aromatic nitrogens is 3. The number of carbonyl (C=O) groups is 1. The Kier molecular flexibility index (Phi) is 5.14. The summed E-state index contributed by atoms with van der Waals surface area (Å²) in [6.45, 7) is 0.658. The summed E-state index contributed by atoms with van der Waals surface area (Å²) in [5, 5.41) is 10.1. The Morgan fingerprint density at radius 3 is 2.72 bits per heavy atom. The van der Waals surface area contributed by atoms with Crippen molar-refractivity contribution in [2.24, 2.45) is 0 Å². The lowest BCUT2D eigenvalue weighted by molar-refractivity contribution is 0.262. The van der Waals surface area contributed by atoms with Crippen LogP contribution in [0.4, 0.5) is 30.9 Å². The van der Waals surface area contributed by atoms with Crippen LogP contribution in [0.2, 0.25) is 0 Å². The predicted octanol–water partition coefficient (Wildman–Crippen LogP) is 4.99. The van der Waals surface area contributed by atoms with Crippen LogP contribution in [0.25, 0.3) is 5.65 Å². The number of halogens is 2. The maximum Gasteiger partial charge on any atom is 0.324 e. The van der Waals surface area contributed by atoms with Gasteiger partial charge in [0.1, 0.15) is 17.5 Å². The number of hydrogen-bond donors (Lipinski definition) is 2. The van der Waals surface area contributed by atoms with E-state index in [4.69, 9.17) is 0 Å². The van der Waals surface area contributed by atoms with Crippen molar-refractivity contribution >= 4 is 29.0 Å². The molecule has 0 aliphatic carbocycles. The monoisotopic (exact) mass is 434 g/mol. The summed E-state index contributed by atoms with van der Waals surface area (Å²) in [6, 6.07) is 15.4. The largest absolute Gasteiger partial charge is 0.348 e. The maximum absolute atomic E-state index is 14.4. The number of imidazole rings is 1. The van der Waals surface area contributed by atoms with Gasteiger partial charge in [-0.1, -0.05) is 18.2 Å². The molecule has 3 heterocycles. The highest BCUT2D eigenvalue weighted by Crippen LogP contribution is 2.36. The standard InChI is InChI=1S/C23H20F2N6O/c24-15-8-9-18(25)17(13-15)19-7-4-12-30(19)21-11-10-20-26-14-22(31(20)29-21)28-23(32)27-16-5-2-1-3-6-16/h1-3,5-6,8-11,13-14,19H,4,7,12H2,(H2,27,28,32). The number of fused-ring (bicyclic) bond motifs is 1. The van der Waals surface area contributed by atoms with Crippen molar-refractivity contribution in [1.29, 1.82) is 0 Å². The molecule has 1 atom stereocenters. The third kappa shape index (κ3) is 3.84. The number of benzene rings is 2. The van der Waals surface area contributed by atoms with Gasteiger partial charge in [0, 0.05) is 17.8 Å². The molecule has 2 aromatic carbocycles. The summed E-state index contributed by atoms with van der Waals surface area (Å²) in [7, 11) is 0. The van der Waals surface area contributed by atoms with E-state index in [-0.39, 0.29) is 6.04 Å². The lowest BCUT2D eigenvalue weighted by Crippen LogP contribution is -2.25. The second kappa shape index (κ2) is 8.26. The average molecular weight is 434 g/mol. The van der Waals surface area contributed by atoms with Crippen LogP contribution in [-0.4, -0.2) is 27.2 Å². The second-order valence-electron chi connectivity index (χ2n) is 7.57. The van der Waals surface area contributed by atoms with Gasteiger partial charge in [0.2, 0.25) is 0 Å². The van der Waals surface area contributed by atoms with E-state index in [1.807, 2.05) is 23.1 Å². The number of rotatable bonds is 4. The zero-order chi connectivity index (χ0) is 22.1. The minimum atomic E-state index is -0.470. The fraction of sp³-hybridized carbons (Fsp3) is 0.174. The van der Waals surface area contributed by atoms with E-state index in [0.29, 0.717) is 41.5 Å². The highest BCUT2D eigenvalue weighted by Gasteiger charge is 2.30. The van der Waals surface area contributed by atoms with E-state index >= 15 is 0 Å². The van der Waals surface area contributed by atoms with Crippen molar-refractivity contribution in [3.8, 4) is 0 Å². The predicted molar refractivity (Wildman–Crippen MR) is 118 cm³/mol. The Bertz CT molecular complexity index is 1280. The Labute approximate surface area is 182 Å². The van der Waals surface area contributed by atoms with Crippen LogP contribution in [-0.2, 0) is 0 Å². The molecule has 0 bridgehead atoms. The molecule has 1 saturated heterocycles. The van der Waals surface area contributed by atoms with E-state index in [1.54, 1.807) is 24.3 Å². The summed E-state index contributed by atoms with van der Waals surface area (Å²) in [5.74, 6) is 0.0743. The van der Waals surface area contributed by atoms with Crippen molar-refractivity contribution in [3.05, 3.63) is 84.1 Å². The molecule has 9 heteroatoms. The Morgan fingerprint density at radius 1 is 1.03 bits per heavy atom. The van der Waals surface area contributed by atoms with Gasteiger partial charge in [-0.15, -0.1) is 5.10 Å². The van der Waals surface area contributed by atoms with Crippen LogP contribution in [0.3, 0.4) is 0 Å². The van der Waals surface area contributed by atoms with E-state index in [1.165, 1.54) is 16.8 Å². The number of urea groups is 1. The first-order valence-corrected chi connectivity index (χ1v) is 10.3. The van der Waals surface area contributed by atoms with Crippen molar-refractivity contribution in [1.82, 2.24) is 14.6 Å². The van der Waals surface area contributed by atoms with Crippen LogP contribution in [0.1, 0.15) is 24.4 Å². The average Bonchev–Trinajstić information content (AvgIpc) is 3.43. The third-order valence-electron chi connectivity index (χ3n) is 5.49. The number of nitrogens with zero attached hydrogens (tertiary/aromatic N) is 4. The smallest absolute Gasteiger partial charge is 0.324 e. The molecule has 0 saturated carbocycles. The summed E-state index contributed by atoms with van der Waals surface area (Å²) in [4.78, 5) is 18.6. The first-order chi connectivity index (χ1) is 15.6. The van der Waals surface area contributed by atoms with E-state index < -0.39 is 17.7 Å². The third-order valence-corrected chi connectivity index (χ3v) is 5.49. The molecule has 0 radical (unpaired) electrons. The Morgan fingerprint density at radius 2 is 1.88 bits per heavy atom. The SMILES string of the molecule is O=C(Nc1ccccc1)Nc1cnc2ccc(N3CCCC3c3cc(F)ccc3F)nn12. The molecule has 0 spiro atoms. The zero-order valence-electron chi connectivity index (χ0n) is 17.0. The van der Waals surface area contributed by atoms with Gasteiger partial charge in [-0.25, -0.2) is 18.6 Å². The molecule has 2 amide bonds. The molecular formula is C23H20F2N6O. The Balaban J connectivity index is 1.42. The number of hydrogen-bond acceptors (Lipinski definition) is 4. The fourth-order valence-corrected chi connectivity index (χ4v) is 4.04. The van der Waals surface area contributed by atoms with Gasteiger partial charge in [0.05, 0.1) is 12.2 Å². The first-order valence-electron chi connectivity index (χ1n) is 10.3. The molecular weight excluding hydrogens is 414 g/mol. The van der Waals surface area contributed by atoms with E-state index in [9.17, 15) is 13.6 Å². The van der Waals surface area contributed by atoms with Crippen LogP contribution >= 0.6 is 0 Å². The minimum Gasteiger partial charge on any atom is -0.348 e. The molecule has 1 aliphatic rings. The van der Waals surface area contributed by atoms with Crippen LogP contribution in [0, 0.1) is 11.6 Å². The van der Waals surface area contributed by atoms with Crippen LogP contribution in [0.15, 0.2) is 66.9 Å². The lowest BCUT2D eigenvalue weighted by Gasteiger charge is -2.26. The molecule has 32 heavy (non-hydrogen) atoms. The van der Waals surface area contributed by atoms with Gasteiger partial charge < -0.3 is 10.2 Å². The van der Waals surface area contributed by atoms with Gasteiger partial charge in [-0.2, -0.15) is 4.52 Å². The molecule has 2 N–H and O–H groups in total. The maximum atomic E-state index is 14.4. The van der Waals surface area contributed by atoms with Crippen LogP contribution < -0.4 is 15.5 Å². The number of nitrogens with one attached hydrogen (secondary N) is 2. The van der Waals surface area contributed by atoms with Crippen molar-refractivity contribution in [2.45, 2.75) is 18.9 Å². The fourth-order valence-electron chi connectivity index (χ4n) is 4.04. The zero-order valence-corrected chi connectivity index (χ0v) is 17.0. The van der Waals surface area contributed by atoms with Gasteiger partial charge in [0.15, 0.2) is 11.5 Å². The van der Waals surface area contributed by atoms with Gasteiger partial charge in [0.25, 0.3) is 0 Å². The van der Waals surface area contributed by atoms with Crippen molar-refractivity contribution < 1.29 is 13.6 Å².